The molecule has 1 aromatic heterocycles. The smallest absolute Gasteiger partial charge is 0.229 e. The van der Waals surface area contributed by atoms with Crippen molar-refractivity contribution in [2.75, 3.05) is 0 Å². The van der Waals surface area contributed by atoms with Gasteiger partial charge in [-0.2, -0.15) is 4.57 Å². The molecule has 3 aromatic rings. The van der Waals surface area contributed by atoms with Gasteiger partial charge >= 0.3 is 0 Å². The average molecular weight is 368 g/mol. The molecule has 0 atom stereocenters. The fourth-order valence-corrected chi connectivity index (χ4v) is 3.74. The van der Waals surface area contributed by atoms with E-state index < -0.39 is 13.7 Å². The SMILES string of the molecule is [2H]C([2H])([2H])c1c(C([2H])([2H])[2H])[n+](C)c(-c2ccccc2C)n1-c1c(C(C)C)cccc1C(C)C. The third-order valence-corrected chi connectivity index (χ3v) is 5.26. The number of nitrogens with zero attached hydrogens (tertiary/aromatic N) is 2. The highest BCUT2D eigenvalue weighted by atomic mass is 15.2. The van der Waals surface area contributed by atoms with Gasteiger partial charge in [-0.05, 0) is 30.4 Å². The fourth-order valence-electron chi connectivity index (χ4n) is 3.74. The molecule has 0 saturated heterocycles. The third-order valence-electron chi connectivity index (χ3n) is 5.26. The summed E-state index contributed by atoms with van der Waals surface area (Å²) in [6.07, 6.45) is 0. The van der Waals surface area contributed by atoms with Gasteiger partial charge < -0.3 is 0 Å². The van der Waals surface area contributed by atoms with Gasteiger partial charge in [-0.25, -0.2) is 4.57 Å². The van der Waals surface area contributed by atoms with Crippen molar-refractivity contribution < 1.29 is 12.8 Å². The Kier molecular flexibility index (Phi) is 3.52. The number of benzene rings is 2. The molecule has 2 nitrogen and oxygen atoms in total. The number of aryl methyl sites for hydroxylation is 1. The highest BCUT2D eigenvalue weighted by Gasteiger charge is 2.31. The van der Waals surface area contributed by atoms with Crippen molar-refractivity contribution in [1.29, 1.82) is 0 Å². The summed E-state index contributed by atoms with van der Waals surface area (Å²) < 4.78 is 53.3. The van der Waals surface area contributed by atoms with E-state index in [9.17, 15) is 0 Å². The number of aromatic nitrogens is 2. The van der Waals surface area contributed by atoms with E-state index in [0.29, 0.717) is 5.82 Å². The quantitative estimate of drug-likeness (QED) is 0.490. The minimum Gasteiger partial charge on any atom is -0.229 e. The highest BCUT2D eigenvalue weighted by molar-refractivity contribution is 5.64. The Morgan fingerprint density at radius 3 is 2.04 bits per heavy atom. The van der Waals surface area contributed by atoms with Crippen LogP contribution in [0, 0.1) is 20.6 Å². The first-order valence-electron chi connectivity index (χ1n) is 12.5. The third kappa shape index (κ3) is 3.22. The van der Waals surface area contributed by atoms with Crippen LogP contribution in [0.25, 0.3) is 17.1 Å². The largest absolute Gasteiger partial charge is 0.294 e. The van der Waals surface area contributed by atoms with Gasteiger partial charge in [-0.15, -0.1) is 0 Å². The van der Waals surface area contributed by atoms with Crippen LogP contribution >= 0.6 is 0 Å². The molecule has 0 fully saturated rings. The maximum atomic E-state index is 8.41. The predicted molar refractivity (Wildman–Crippen MR) is 115 cm³/mol. The lowest BCUT2D eigenvalue weighted by molar-refractivity contribution is -0.665. The zero-order valence-corrected chi connectivity index (χ0v) is 17.1. The van der Waals surface area contributed by atoms with E-state index in [-0.39, 0.29) is 23.2 Å². The van der Waals surface area contributed by atoms with Crippen molar-refractivity contribution in [3.63, 3.8) is 0 Å². The summed E-state index contributed by atoms with van der Waals surface area (Å²) in [6, 6.07) is 13.7. The Balaban J connectivity index is 2.70. The molecule has 0 unspecified atom stereocenters. The van der Waals surface area contributed by atoms with E-state index in [1.165, 1.54) is 0 Å². The van der Waals surface area contributed by atoms with E-state index in [0.717, 1.165) is 27.9 Å². The second-order valence-electron chi connectivity index (χ2n) is 7.82. The van der Waals surface area contributed by atoms with Crippen molar-refractivity contribution >= 4 is 0 Å². The van der Waals surface area contributed by atoms with Crippen molar-refractivity contribution in [1.82, 2.24) is 4.57 Å². The molecule has 0 saturated carbocycles. The average Bonchev–Trinajstić information content (AvgIpc) is 3.01. The van der Waals surface area contributed by atoms with Crippen LogP contribution in [0.2, 0.25) is 0 Å². The summed E-state index contributed by atoms with van der Waals surface area (Å²) in [7, 11) is 1.66. The Labute approximate surface area is 172 Å². The van der Waals surface area contributed by atoms with Crippen LogP contribution in [-0.2, 0) is 7.05 Å². The van der Waals surface area contributed by atoms with Gasteiger partial charge in [0.05, 0.1) is 12.6 Å². The van der Waals surface area contributed by atoms with E-state index in [2.05, 4.69) is 27.7 Å². The van der Waals surface area contributed by atoms with Gasteiger partial charge in [-0.3, -0.25) is 0 Å². The Hall–Kier alpha value is -2.35. The minimum absolute atomic E-state index is 0.108. The molecule has 1 heterocycles. The maximum Gasteiger partial charge on any atom is 0.294 e. The van der Waals surface area contributed by atoms with Crippen LogP contribution in [0.5, 0.6) is 0 Å². The molecule has 0 aliphatic heterocycles. The first-order chi connectivity index (χ1) is 15.2. The van der Waals surface area contributed by atoms with Crippen LogP contribution < -0.4 is 4.57 Å². The van der Waals surface area contributed by atoms with Crippen LogP contribution in [0.4, 0.5) is 0 Å². The molecule has 142 valence electrons. The lowest BCUT2D eigenvalue weighted by Gasteiger charge is -2.19. The molecule has 2 heteroatoms. The molecule has 0 N–H and O–H groups in total. The maximum absolute atomic E-state index is 8.41. The molecule has 0 radical (unpaired) electrons. The normalized spacial score (nSPS) is 15.9. The first kappa shape index (κ1) is 12.9. The molecule has 0 amide bonds. The molecule has 0 aliphatic carbocycles. The van der Waals surface area contributed by atoms with E-state index >= 15 is 0 Å². The molecule has 0 bridgehead atoms. The fraction of sp³-hybridized carbons (Fsp3) is 0.400. The minimum atomic E-state index is -2.64. The van der Waals surface area contributed by atoms with Gasteiger partial charge in [0.2, 0.25) is 0 Å². The summed E-state index contributed by atoms with van der Waals surface area (Å²) >= 11 is 0. The van der Waals surface area contributed by atoms with Gasteiger partial charge in [0.15, 0.2) is 0 Å². The summed E-state index contributed by atoms with van der Waals surface area (Å²) in [5.41, 5.74) is 4.15. The zero-order valence-electron chi connectivity index (χ0n) is 23.1. The predicted octanol–water partition coefficient (Wildman–Crippen LogP) is 6.14. The first-order valence-corrected chi connectivity index (χ1v) is 9.52. The Bertz CT molecular complexity index is 1140. The summed E-state index contributed by atoms with van der Waals surface area (Å²) in [4.78, 5) is 0. The standard InChI is InChI=1S/C25H33N2/c1-16(2)21-14-11-15-22(17(3)4)24(21)27-20(7)19(6)26(8)25(27)23-13-10-9-12-18(23)5/h9-17H,1-8H3/q+1/i6D3,7D3. The summed E-state index contributed by atoms with van der Waals surface area (Å²) in [6.45, 7) is 4.99. The van der Waals surface area contributed by atoms with E-state index in [4.69, 9.17) is 8.22 Å². The Morgan fingerprint density at radius 2 is 1.52 bits per heavy atom. The monoisotopic (exact) mass is 367 g/mol. The Morgan fingerprint density at radius 1 is 0.889 bits per heavy atom. The summed E-state index contributed by atoms with van der Waals surface area (Å²) in [5.74, 6) is 0.772. The number of hydrogen-bond donors (Lipinski definition) is 0. The highest BCUT2D eigenvalue weighted by Crippen LogP contribution is 2.35. The van der Waals surface area contributed by atoms with Crippen molar-refractivity contribution in [2.45, 2.75) is 60.2 Å². The number of rotatable bonds is 4. The number of hydrogen-bond acceptors (Lipinski definition) is 0. The summed E-state index contributed by atoms with van der Waals surface area (Å²) in [5, 5.41) is 0. The van der Waals surface area contributed by atoms with Crippen LogP contribution in [0.3, 0.4) is 0 Å². The molecule has 27 heavy (non-hydrogen) atoms. The topological polar surface area (TPSA) is 8.81 Å². The molecular formula is C25H33N2+. The van der Waals surface area contributed by atoms with Crippen LogP contribution in [0.1, 0.15) is 75.8 Å². The van der Waals surface area contributed by atoms with Gasteiger partial charge in [0, 0.05) is 33.1 Å². The van der Waals surface area contributed by atoms with Crippen molar-refractivity contribution in [2.24, 2.45) is 7.05 Å². The second-order valence-corrected chi connectivity index (χ2v) is 7.82. The van der Waals surface area contributed by atoms with Crippen molar-refractivity contribution in [3.05, 3.63) is 70.5 Å². The molecular weight excluding hydrogens is 328 g/mol. The van der Waals surface area contributed by atoms with E-state index in [1.807, 2.05) is 49.4 Å². The van der Waals surface area contributed by atoms with Crippen LogP contribution in [0.15, 0.2) is 42.5 Å². The van der Waals surface area contributed by atoms with Crippen molar-refractivity contribution in [3.8, 4) is 17.1 Å². The van der Waals surface area contributed by atoms with E-state index in [1.54, 1.807) is 16.2 Å². The van der Waals surface area contributed by atoms with Gasteiger partial charge in [0.1, 0.15) is 17.1 Å². The second kappa shape index (κ2) is 7.34. The molecule has 0 spiro atoms. The lowest BCUT2D eigenvalue weighted by atomic mass is 9.92. The number of imidazole rings is 1. The molecule has 3 rings (SSSR count). The molecule has 2 aromatic carbocycles. The zero-order chi connectivity index (χ0) is 24.9. The molecule has 0 aliphatic rings. The number of para-hydroxylation sites is 1. The van der Waals surface area contributed by atoms with Gasteiger partial charge in [0.25, 0.3) is 5.82 Å². The van der Waals surface area contributed by atoms with Crippen LogP contribution in [-0.4, -0.2) is 4.57 Å². The van der Waals surface area contributed by atoms with Gasteiger partial charge in [-0.1, -0.05) is 64.1 Å². The lowest BCUT2D eigenvalue weighted by Crippen LogP contribution is -2.33.